The summed E-state index contributed by atoms with van der Waals surface area (Å²) in [4.78, 5) is 19.5. The summed E-state index contributed by atoms with van der Waals surface area (Å²) in [6, 6.07) is 0. The van der Waals surface area contributed by atoms with Crippen molar-refractivity contribution in [1.82, 2.24) is 0 Å². The van der Waals surface area contributed by atoms with E-state index in [2.05, 4.69) is 16.2 Å². The Balaban J connectivity index is 3.18. The molecule has 0 aliphatic heterocycles. The maximum Gasteiger partial charge on any atom is 0.405 e. The van der Waals surface area contributed by atoms with Gasteiger partial charge in [-0.1, -0.05) is 0 Å². The Kier molecular flexibility index (Phi) is 2.39. The van der Waals surface area contributed by atoms with E-state index in [0.29, 0.717) is 0 Å². The van der Waals surface area contributed by atoms with Crippen LogP contribution in [-0.2, 0) is 9.53 Å². The predicted octanol–water partition coefficient (Wildman–Crippen LogP) is -1.43. The Morgan fingerprint density at radius 3 is 2.00 bits per heavy atom. The van der Waals surface area contributed by atoms with Gasteiger partial charge in [0.25, 0.3) is 5.91 Å². The minimum atomic E-state index is -0.996. The highest BCUT2D eigenvalue weighted by molar-refractivity contribution is 5.77. The smallest absolute Gasteiger partial charge is 0.405 e. The van der Waals surface area contributed by atoms with Crippen molar-refractivity contribution < 1.29 is 14.3 Å². The molecule has 0 fully saturated rings. The number of carbonyl (C=O) groups is 2. The topological polar surface area (TPSA) is 95.4 Å². The molecule has 0 aliphatic carbocycles. The molecule has 0 aliphatic rings. The molecule has 0 rings (SSSR count). The molecular weight excluding hydrogens is 112 g/mol. The monoisotopic (exact) mass is 118 g/mol. The maximum atomic E-state index is 9.79. The Morgan fingerprint density at radius 1 is 1.38 bits per heavy atom. The van der Waals surface area contributed by atoms with Gasteiger partial charge in [-0.3, -0.25) is 4.79 Å². The Morgan fingerprint density at radius 2 is 1.88 bits per heavy atom. The lowest BCUT2D eigenvalue weighted by atomic mass is 10.7. The number of rotatable bonds is 2. The molecule has 46 valence electrons. The molecule has 0 atom stereocenters. The van der Waals surface area contributed by atoms with Crippen LogP contribution < -0.4 is 11.5 Å². The molecule has 0 bridgehead atoms. The zero-order valence-electron chi connectivity index (χ0n) is 4.09. The van der Waals surface area contributed by atoms with Crippen LogP contribution >= 0.6 is 0 Å². The highest BCUT2D eigenvalue weighted by Crippen LogP contribution is 1.68. The molecule has 2 amide bonds. The molecule has 0 aromatic heterocycles. The van der Waals surface area contributed by atoms with Crippen LogP contribution in [0.1, 0.15) is 0 Å². The first-order valence-corrected chi connectivity index (χ1v) is 1.83. The second kappa shape index (κ2) is 2.84. The number of primary amides is 2. The highest BCUT2D eigenvalue weighted by Gasteiger charge is 1.95. The maximum absolute atomic E-state index is 9.79. The van der Waals surface area contributed by atoms with E-state index in [1.54, 1.807) is 0 Å². The lowest BCUT2D eigenvalue weighted by molar-refractivity contribution is -0.120. The summed E-state index contributed by atoms with van der Waals surface area (Å²) in [6.07, 6.45) is -0.996. The summed E-state index contributed by atoms with van der Waals surface area (Å²) < 4.78 is 3.97. The number of ether oxygens (including phenoxy) is 1. The van der Waals surface area contributed by atoms with Crippen LogP contribution in [0.3, 0.4) is 0 Å². The van der Waals surface area contributed by atoms with E-state index in [0.717, 1.165) is 0 Å². The van der Waals surface area contributed by atoms with Crippen LogP contribution in [0.5, 0.6) is 0 Å². The normalized spacial score (nSPS) is 8.00. The summed E-state index contributed by atoms with van der Waals surface area (Å²) in [5, 5.41) is 0. The molecule has 0 radical (unpaired) electrons. The summed E-state index contributed by atoms with van der Waals surface area (Å²) >= 11 is 0. The van der Waals surface area contributed by atoms with Crippen molar-refractivity contribution in [3.8, 4) is 0 Å². The second-order valence-electron chi connectivity index (χ2n) is 1.07. The number of carbonyl (C=O) groups excluding carboxylic acids is 2. The molecular formula is C3H6N2O3. The van der Waals surface area contributed by atoms with E-state index < -0.39 is 18.6 Å². The zero-order valence-corrected chi connectivity index (χ0v) is 4.09. The van der Waals surface area contributed by atoms with E-state index in [1.807, 2.05) is 0 Å². The van der Waals surface area contributed by atoms with E-state index in [4.69, 9.17) is 0 Å². The van der Waals surface area contributed by atoms with E-state index in [9.17, 15) is 9.59 Å². The van der Waals surface area contributed by atoms with Crippen LogP contribution in [0.4, 0.5) is 4.79 Å². The van der Waals surface area contributed by atoms with Crippen molar-refractivity contribution in [2.24, 2.45) is 11.5 Å². The van der Waals surface area contributed by atoms with Crippen LogP contribution in [0.25, 0.3) is 0 Å². The van der Waals surface area contributed by atoms with Gasteiger partial charge in [-0.05, 0) is 0 Å². The molecule has 0 aromatic carbocycles. The first-order chi connectivity index (χ1) is 3.63. The quantitative estimate of drug-likeness (QED) is 0.465. The lowest BCUT2D eigenvalue weighted by Gasteiger charge is -1.92. The highest BCUT2D eigenvalue weighted by atomic mass is 16.5. The number of hydrogen-bond donors (Lipinski definition) is 2. The summed E-state index contributed by atoms with van der Waals surface area (Å²) in [7, 11) is 0. The molecule has 0 saturated heterocycles. The molecule has 5 heteroatoms. The largest absolute Gasteiger partial charge is 0.440 e. The third kappa shape index (κ3) is 4.74. The SMILES string of the molecule is NC(=O)COC(N)=O. The molecule has 0 unspecified atom stereocenters. The van der Waals surface area contributed by atoms with Crippen LogP contribution in [0, 0.1) is 0 Å². The first kappa shape index (κ1) is 6.74. The van der Waals surface area contributed by atoms with E-state index in [1.165, 1.54) is 0 Å². The van der Waals surface area contributed by atoms with E-state index >= 15 is 0 Å². The second-order valence-corrected chi connectivity index (χ2v) is 1.07. The van der Waals surface area contributed by atoms with E-state index in [-0.39, 0.29) is 0 Å². The number of hydrogen-bond acceptors (Lipinski definition) is 3. The fourth-order valence-corrected chi connectivity index (χ4v) is 0.142. The molecule has 0 spiro atoms. The number of nitrogens with two attached hydrogens (primary N) is 2. The summed E-state index contributed by atoms with van der Waals surface area (Å²) in [6.45, 7) is -0.449. The molecule has 0 aromatic rings. The lowest BCUT2D eigenvalue weighted by Crippen LogP contribution is -2.23. The zero-order chi connectivity index (χ0) is 6.57. The molecule has 8 heavy (non-hydrogen) atoms. The summed E-state index contributed by atoms with van der Waals surface area (Å²) in [5.41, 5.74) is 9.04. The standard InChI is InChI=1S/C3H6N2O3/c4-2(6)1-8-3(5)7/h1H2,(H2,4,6)(H2,5,7). The van der Waals surface area contributed by atoms with Gasteiger partial charge in [-0.15, -0.1) is 0 Å². The van der Waals surface area contributed by atoms with Crippen molar-refractivity contribution in [1.29, 1.82) is 0 Å². The minimum Gasteiger partial charge on any atom is -0.440 e. The van der Waals surface area contributed by atoms with Crippen molar-refractivity contribution in [2.45, 2.75) is 0 Å². The van der Waals surface area contributed by atoms with Crippen molar-refractivity contribution in [3.63, 3.8) is 0 Å². The van der Waals surface area contributed by atoms with Crippen molar-refractivity contribution in [3.05, 3.63) is 0 Å². The van der Waals surface area contributed by atoms with Crippen molar-refractivity contribution >= 4 is 12.0 Å². The fourth-order valence-electron chi connectivity index (χ4n) is 0.142. The van der Waals surface area contributed by atoms with Gasteiger partial charge in [0, 0.05) is 0 Å². The Hall–Kier alpha value is -1.26. The third-order valence-electron chi connectivity index (χ3n) is 0.357. The summed E-state index contributed by atoms with van der Waals surface area (Å²) in [5.74, 6) is -0.719. The van der Waals surface area contributed by atoms with Gasteiger partial charge in [0.15, 0.2) is 6.61 Å². The van der Waals surface area contributed by atoms with Crippen LogP contribution in [-0.4, -0.2) is 18.6 Å². The van der Waals surface area contributed by atoms with Gasteiger partial charge in [0.05, 0.1) is 0 Å². The van der Waals surface area contributed by atoms with Gasteiger partial charge in [-0.25, -0.2) is 4.79 Å². The predicted molar refractivity (Wildman–Crippen MR) is 24.7 cm³/mol. The van der Waals surface area contributed by atoms with Gasteiger partial charge in [0.2, 0.25) is 0 Å². The van der Waals surface area contributed by atoms with Gasteiger partial charge in [0.1, 0.15) is 0 Å². The molecule has 0 heterocycles. The number of amides is 2. The van der Waals surface area contributed by atoms with Crippen LogP contribution in [0.15, 0.2) is 0 Å². The van der Waals surface area contributed by atoms with Gasteiger partial charge in [-0.2, -0.15) is 0 Å². The van der Waals surface area contributed by atoms with Crippen molar-refractivity contribution in [2.75, 3.05) is 6.61 Å². The van der Waals surface area contributed by atoms with Crippen LogP contribution in [0.2, 0.25) is 0 Å². The Labute approximate surface area is 45.6 Å². The molecule has 0 saturated carbocycles. The minimum absolute atomic E-state index is 0.449. The fraction of sp³-hybridized carbons (Fsp3) is 0.333. The molecule has 5 nitrogen and oxygen atoms in total. The molecule has 4 N–H and O–H groups in total. The third-order valence-corrected chi connectivity index (χ3v) is 0.357. The first-order valence-electron chi connectivity index (χ1n) is 1.83. The average Bonchev–Trinajstić information content (AvgIpc) is 1.61. The average molecular weight is 118 g/mol. The van der Waals surface area contributed by atoms with Gasteiger partial charge < -0.3 is 16.2 Å². The Bertz CT molecular complexity index is 97.1. The van der Waals surface area contributed by atoms with Gasteiger partial charge >= 0.3 is 6.09 Å².